The van der Waals surface area contributed by atoms with Gasteiger partial charge in [-0.05, 0) is 26.7 Å². The lowest BCUT2D eigenvalue weighted by Gasteiger charge is -2.09. The molecule has 0 spiro atoms. The summed E-state index contributed by atoms with van der Waals surface area (Å²) in [6, 6.07) is 1.08. The molecule has 0 aliphatic carbocycles. The average molecular weight is 280 g/mol. The van der Waals surface area contributed by atoms with Crippen LogP contribution in [0.4, 0.5) is 0 Å². The summed E-state index contributed by atoms with van der Waals surface area (Å²) in [5.41, 5.74) is 1.25. The second-order valence-electron chi connectivity index (χ2n) is 5.99. The maximum absolute atomic E-state index is 11.2. The normalized spacial score (nSPS) is 11.7. The van der Waals surface area contributed by atoms with Crippen molar-refractivity contribution in [3.05, 3.63) is 11.6 Å². The van der Waals surface area contributed by atoms with E-state index in [-0.39, 0.29) is 5.97 Å². The minimum atomic E-state index is -1.01. The summed E-state index contributed by atoms with van der Waals surface area (Å²) in [6.07, 6.45) is 5.36. The highest BCUT2D eigenvalue weighted by molar-refractivity contribution is 6.76. The van der Waals surface area contributed by atoms with E-state index in [2.05, 4.69) is 44.5 Å². The Morgan fingerprint density at radius 3 is 2.47 bits per heavy atom. The SMILES string of the molecule is CCOC(=O)CC/C(C)=C/CCC#CC[Si](C)(C)C. The summed E-state index contributed by atoms with van der Waals surface area (Å²) in [5, 5.41) is 0. The quantitative estimate of drug-likeness (QED) is 0.227. The zero-order valence-corrected chi connectivity index (χ0v) is 14.1. The molecule has 0 N–H and O–H groups in total. The van der Waals surface area contributed by atoms with Crippen LogP contribution in [0.25, 0.3) is 0 Å². The molecule has 0 rings (SSSR count). The summed E-state index contributed by atoms with van der Waals surface area (Å²) in [6.45, 7) is 11.4. The molecular formula is C16H28O2Si. The van der Waals surface area contributed by atoms with E-state index < -0.39 is 8.07 Å². The molecule has 2 nitrogen and oxygen atoms in total. The zero-order chi connectivity index (χ0) is 14.7. The minimum absolute atomic E-state index is 0.106. The molecule has 0 unspecified atom stereocenters. The van der Waals surface area contributed by atoms with Gasteiger partial charge in [0.15, 0.2) is 0 Å². The monoisotopic (exact) mass is 280 g/mol. The Hall–Kier alpha value is -1.01. The van der Waals surface area contributed by atoms with Gasteiger partial charge in [0.1, 0.15) is 0 Å². The molecule has 0 saturated carbocycles. The standard InChI is InChI=1S/C16H28O2Si/c1-6-18-16(17)13-12-15(2)11-9-7-8-10-14-19(3,4)5/h11H,6-7,9,12-14H2,1-5H3/b15-11+. The fourth-order valence-corrected chi connectivity index (χ4v) is 2.10. The van der Waals surface area contributed by atoms with Gasteiger partial charge in [-0.2, -0.15) is 0 Å². The fraction of sp³-hybridized carbons (Fsp3) is 0.688. The van der Waals surface area contributed by atoms with Crippen LogP contribution in [-0.2, 0) is 9.53 Å². The molecule has 0 atom stereocenters. The predicted molar refractivity (Wildman–Crippen MR) is 84.8 cm³/mol. The van der Waals surface area contributed by atoms with Crippen LogP contribution in [0.1, 0.15) is 39.5 Å². The number of hydrogen-bond donors (Lipinski definition) is 0. The lowest BCUT2D eigenvalue weighted by atomic mass is 10.1. The van der Waals surface area contributed by atoms with Gasteiger partial charge in [-0.3, -0.25) is 4.79 Å². The maximum atomic E-state index is 11.2. The van der Waals surface area contributed by atoms with Gasteiger partial charge < -0.3 is 4.74 Å². The summed E-state index contributed by atoms with van der Waals surface area (Å²) in [5.74, 6) is 6.40. The third-order valence-corrected chi connectivity index (χ3v) is 3.77. The van der Waals surface area contributed by atoms with Crippen molar-refractivity contribution in [1.82, 2.24) is 0 Å². The van der Waals surface area contributed by atoms with E-state index in [1.807, 2.05) is 6.92 Å². The van der Waals surface area contributed by atoms with E-state index in [0.717, 1.165) is 25.3 Å². The van der Waals surface area contributed by atoms with Gasteiger partial charge in [-0.15, -0.1) is 11.8 Å². The topological polar surface area (TPSA) is 26.3 Å². The Morgan fingerprint density at radius 2 is 1.89 bits per heavy atom. The number of hydrogen-bond acceptors (Lipinski definition) is 2. The first-order valence-corrected chi connectivity index (χ1v) is 10.8. The van der Waals surface area contributed by atoms with Gasteiger partial charge in [0.25, 0.3) is 0 Å². The van der Waals surface area contributed by atoms with Gasteiger partial charge in [-0.1, -0.05) is 31.3 Å². The number of ether oxygens (including phenoxy) is 1. The van der Waals surface area contributed by atoms with E-state index in [4.69, 9.17) is 4.74 Å². The summed E-state index contributed by atoms with van der Waals surface area (Å²) in [4.78, 5) is 11.2. The van der Waals surface area contributed by atoms with Crippen LogP contribution in [0.5, 0.6) is 0 Å². The molecule has 0 aromatic heterocycles. The van der Waals surface area contributed by atoms with E-state index in [0.29, 0.717) is 13.0 Å². The van der Waals surface area contributed by atoms with Gasteiger partial charge in [-0.25, -0.2) is 0 Å². The van der Waals surface area contributed by atoms with Crippen molar-refractivity contribution in [2.24, 2.45) is 0 Å². The van der Waals surface area contributed by atoms with Crippen LogP contribution in [0.15, 0.2) is 11.6 Å². The van der Waals surface area contributed by atoms with Crippen molar-refractivity contribution in [2.75, 3.05) is 6.61 Å². The molecular weight excluding hydrogens is 252 g/mol. The molecule has 0 fully saturated rings. The fourth-order valence-electron chi connectivity index (χ4n) is 1.44. The molecule has 108 valence electrons. The number of unbranched alkanes of at least 4 members (excludes halogenated alkanes) is 1. The average Bonchev–Trinajstić information content (AvgIpc) is 2.30. The summed E-state index contributed by atoms with van der Waals surface area (Å²) in [7, 11) is -1.01. The number of esters is 1. The van der Waals surface area contributed by atoms with E-state index >= 15 is 0 Å². The van der Waals surface area contributed by atoms with Crippen molar-refractivity contribution in [2.45, 2.75) is 65.2 Å². The van der Waals surface area contributed by atoms with Gasteiger partial charge in [0, 0.05) is 18.9 Å². The van der Waals surface area contributed by atoms with Crippen molar-refractivity contribution < 1.29 is 9.53 Å². The predicted octanol–water partition coefficient (Wildman–Crippen LogP) is 4.40. The number of carbonyl (C=O) groups excluding carboxylic acids is 1. The molecule has 3 heteroatoms. The molecule has 0 aromatic carbocycles. The second-order valence-corrected chi connectivity index (χ2v) is 11.5. The van der Waals surface area contributed by atoms with Gasteiger partial charge >= 0.3 is 5.97 Å². The Labute approximate surface area is 119 Å². The van der Waals surface area contributed by atoms with Crippen LogP contribution in [-0.4, -0.2) is 20.7 Å². The van der Waals surface area contributed by atoms with Crippen LogP contribution >= 0.6 is 0 Å². The molecule has 0 amide bonds. The van der Waals surface area contributed by atoms with Crippen LogP contribution in [0, 0.1) is 11.8 Å². The first-order valence-electron chi connectivity index (χ1n) is 7.12. The molecule has 0 aliphatic rings. The molecule has 0 aromatic rings. The number of rotatable bonds is 7. The Kier molecular flexibility index (Phi) is 9.33. The number of carbonyl (C=O) groups is 1. The van der Waals surface area contributed by atoms with Gasteiger partial charge in [0.05, 0.1) is 14.7 Å². The zero-order valence-electron chi connectivity index (χ0n) is 13.1. The Bertz CT molecular complexity index is 353. The first-order chi connectivity index (χ1) is 8.85. The summed E-state index contributed by atoms with van der Waals surface area (Å²) >= 11 is 0. The molecule has 0 bridgehead atoms. The van der Waals surface area contributed by atoms with Crippen molar-refractivity contribution in [3.63, 3.8) is 0 Å². The molecule has 19 heavy (non-hydrogen) atoms. The van der Waals surface area contributed by atoms with Gasteiger partial charge in [0.2, 0.25) is 0 Å². The third kappa shape index (κ3) is 13.2. The summed E-state index contributed by atoms with van der Waals surface area (Å²) < 4.78 is 4.90. The maximum Gasteiger partial charge on any atom is 0.306 e. The smallest absolute Gasteiger partial charge is 0.306 e. The molecule has 0 aliphatic heterocycles. The lowest BCUT2D eigenvalue weighted by molar-refractivity contribution is -0.143. The molecule has 0 radical (unpaired) electrons. The van der Waals surface area contributed by atoms with Crippen LogP contribution in [0.2, 0.25) is 25.7 Å². The largest absolute Gasteiger partial charge is 0.466 e. The van der Waals surface area contributed by atoms with Crippen molar-refractivity contribution >= 4 is 14.0 Å². The highest BCUT2D eigenvalue weighted by Crippen LogP contribution is 2.08. The molecule has 0 saturated heterocycles. The highest BCUT2D eigenvalue weighted by atomic mass is 28.3. The van der Waals surface area contributed by atoms with Crippen LogP contribution < -0.4 is 0 Å². The second kappa shape index (κ2) is 9.86. The third-order valence-electron chi connectivity index (χ3n) is 2.53. The Balaban J connectivity index is 3.79. The van der Waals surface area contributed by atoms with Crippen molar-refractivity contribution in [1.29, 1.82) is 0 Å². The van der Waals surface area contributed by atoms with E-state index in [1.54, 1.807) is 0 Å². The van der Waals surface area contributed by atoms with Crippen LogP contribution in [0.3, 0.4) is 0 Å². The minimum Gasteiger partial charge on any atom is -0.466 e. The first kappa shape index (κ1) is 18.0. The lowest BCUT2D eigenvalue weighted by Crippen LogP contribution is -2.17. The Morgan fingerprint density at radius 1 is 1.21 bits per heavy atom. The molecule has 0 heterocycles. The number of allylic oxidation sites excluding steroid dienone is 2. The van der Waals surface area contributed by atoms with E-state index in [1.165, 1.54) is 5.57 Å². The van der Waals surface area contributed by atoms with Crippen molar-refractivity contribution in [3.8, 4) is 11.8 Å². The highest BCUT2D eigenvalue weighted by Gasteiger charge is 2.09. The van der Waals surface area contributed by atoms with E-state index in [9.17, 15) is 4.79 Å².